The van der Waals surface area contributed by atoms with E-state index < -0.39 is 9.84 Å². The van der Waals surface area contributed by atoms with E-state index >= 15 is 0 Å². The van der Waals surface area contributed by atoms with Crippen molar-refractivity contribution < 1.29 is 17.6 Å². The molecule has 2 aromatic carbocycles. The molecule has 0 saturated carbocycles. The molecule has 0 spiro atoms. The summed E-state index contributed by atoms with van der Waals surface area (Å²) in [6.07, 6.45) is 4.79. The van der Waals surface area contributed by atoms with Crippen LogP contribution in [0.1, 0.15) is 47.5 Å². The van der Waals surface area contributed by atoms with Crippen molar-refractivity contribution in [2.24, 2.45) is 0 Å². The number of fused-ring (bicyclic) bond motifs is 2. The second-order valence-corrected chi connectivity index (χ2v) is 9.63. The molecular formula is C21H22FNO3S. The van der Waals surface area contributed by atoms with Crippen LogP contribution < -0.4 is 0 Å². The van der Waals surface area contributed by atoms with Crippen LogP contribution in [0.3, 0.4) is 0 Å². The molecule has 1 unspecified atom stereocenters. The quantitative estimate of drug-likeness (QED) is 0.805. The second-order valence-electron chi connectivity index (χ2n) is 7.62. The van der Waals surface area contributed by atoms with Gasteiger partial charge in [0.15, 0.2) is 9.84 Å². The van der Waals surface area contributed by atoms with Gasteiger partial charge in [0, 0.05) is 23.9 Å². The largest absolute Gasteiger partial charge is 0.333 e. The normalized spacial score (nSPS) is 24.8. The lowest BCUT2D eigenvalue weighted by Gasteiger charge is -2.39. The molecular weight excluding hydrogens is 365 g/mol. The van der Waals surface area contributed by atoms with Gasteiger partial charge in [-0.05, 0) is 67.5 Å². The summed E-state index contributed by atoms with van der Waals surface area (Å²) < 4.78 is 36.8. The van der Waals surface area contributed by atoms with Crippen LogP contribution in [0.25, 0.3) is 0 Å². The molecule has 0 aliphatic carbocycles. The first kappa shape index (κ1) is 18.2. The van der Waals surface area contributed by atoms with Crippen LogP contribution in [0.5, 0.6) is 0 Å². The molecule has 6 heteroatoms. The molecule has 0 N–H and O–H groups in total. The molecule has 2 aliphatic rings. The number of amides is 1. The predicted molar refractivity (Wildman–Crippen MR) is 101 cm³/mol. The molecule has 142 valence electrons. The van der Waals surface area contributed by atoms with Gasteiger partial charge in [0.05, 0.1) is 4.90 Å². The van der Waals surface area contributed by atoms with Crippen molar-refractivity contribution in [3.8, 4) is 0 Å². The number of halogens is 1. The smallest absolute Gasteiger partial charge is 0.254 e. The Kier molecular flexibility index (Phi) is 4.54. The SMILES string of the molecule is CS(=O)(=O)c1cccc(C(=O)N2[C@@H]3CC[C@H]2CC(c2ccc(F)cc2)C3)c1. The molecule has 2 aromatic rings. The summed E-state index contributed by atoms with van der Waals surface area (Å²) in [6, 6.07) is 13.3. The maximum Gasteiger partial charge on any atom is 0.254 e. The van der Waals surface area contributed by atoms with Gasteiger partial charge in [0.2, 0.25) is 0 Å². The highest BCUT2D eigenvalue weighted by Crippen LogP contribution is 2.43. The summed E-state index contributed by atoms with van der Waals surface area (Å²) in [5, 5.41) is 0. The van der Waals surface area contributed by atoms with Crippen molar-refractivity contribution >= 4 is 15.7 Å². The third-order valence-corrected chi connectivity index (χ3v) is 6.93. The van der Waals surface area contributed by atoms with Gasteiger partial charge in [0.1, 0.15) is 5.82 Å². The Morgan fingerprint density at radius 3 is 2.26 bits per heavy atom. The molecule has 3 atom stereocenters. The highest BCUT2D eigenvalue weighted by atomic mass is 32.2. The molecule has 0 aromatic heterocycles. The van der Waals surface area contributed by atoms with Crippen LogP contribution in [0.2, 0.25) is 0 Å². The van der Waals surface area contributed by atoms with Gasteiger partial charge in [-0.1, -0.05) is 18.2 Å². The van der Waals surface area contributed by atoms with Crippen LogP contribution in [-0.2, 0) is 9.84 Å². The van der Waals surface area contributed by atoms with Gasteiger partial charge in [-0.15, -0.1) is 0 Å². The van der Waals surface area contributed by atoms with Crippen molar-refractivity contribution in [2.45, 2.75) is 48.6 Å². The third-order valence-electron chi connectivity index (χ3n) is 5.82. The standard InChI is InChI=1S/C21H22FNO3S/c1-27(25,26)20-4-2-3-15(13-20)21(24)23-18-9-10-19(23)12-16(11-18)14-5-7-17(22)8-6-14/h2-8,13,16,18-19H,9-12H2,1H3/t16?,18-,19+. The van der Waals surface area contributed by atoms with Crippen LogP contribution in [0, 0.1) is 5.82 Å². The number of hydrogen-bond acceptors (Lipinski definition) is 3. The van der Waals surface area contributed by atoms with Crippen molar-refractivity contribution in [3.63, 3.8) is 0 Å². The number of piperidine rings is 1. The molecule has 0 radical (unpaired) electrons. The van der Waals surface area contributed by atoms with Gasteiger partial charge in [-0.3, -0.25) is 4.79 Å². The Bertz CT molecular complexity index is 957. The van der Waals surface area contributed by atoms with Gasteiger partial charge < -0.3 is 4.90 Å². The minimum Gasteiger partial charge on any atom is -0.333 e. The Morgan fingerprint density at radius 1 is 1.04 bits per heavy atom. The monoisotopic (exact) mass is 387 g/mol. The summed E-state index contributed by atoms with van der Waals surface area (Å²) in [7, 11) is -3.35. The van der Waals surface area contributed by atoms with E-state index in [1.54, 1.807) is 12.1 Å². The molecule has 2 aliphatic heterocycles. The topological polar surface area (TPSA) is 54.5 Å². The Morgan fingerprint density at radius 2 is 1.67 bits per heavy atom. The number of sulfone groups is 1. The zero-order valence-corrected chi connectivity index (χ0v) is 16.0. The van der Waals surface area contributed by atoms with Gasteiger partial charge in [-0.25, -0.2) is 12.8 Å². The highest BCUT2D eigenvalue weighted by Gasteiger charge is 2.43. The molecule has 2 bridgehead atoms. The summed E-state index contributed by atoms with van der Waals surface area (Å²) in [6.45, 7) is 0. The van der Waals surface area contributed by atoms with Crippen LogP contribution in [-0.4, -0.2) is 37.6 Å². The molecule has 4 nitrogen and oxygen atoms in total. The van der Waals surface area contributed by atoms with Crippen LogP contribution in [0.15, 0.2) is 53.4 Å². The Hall–Kier alpha value is -2.21. The van der Waals surface area contributed by atoms with Gasteiger partial charge >= 0.3 is 0 Å². The van der Waals surface area contributed by atoms with E-state index in [0.717, 1.165) is 37.5 Å². The summed E-state index contributed by atoms with van der Waals surface area (Å²) in [5.41, 5.74) is 1.55. The summed E-state index contributed by atoms with van der Waals surface area (Å²) >= 11 is 0. The van der Waals surface area contributed by atoms with Crippen molar-refractivity contribution in [1.29, 1.82) is 0 Å². The first-order valence-electron chi connectivity index (χ1n) is 9.21. The first-order chi connectivity index (χ1) is 12.8. The average Bonchev–Trinajstić information content (AvgIpc) is 2.90. The number of rotatable bonds is 3. The fourth-order valence-electron chi connectivity index (χ4n) is 4.52. The second kappa shape index (κ2) is 6.75. The molecule has 27 heavy (non-hydrogen) atoms. The van der Waals surface area contributed by atoms with Crippen LogP contribution in [0.4, 0.5) is 4.39 Å². The van der Waals surface area contributed by atoms with E-state index in [1.807, 2.05) is 17.0 Å². The highest BCUT2D eigenvalue weighted by molar-refractivity contribution is 7.90. The molecule has 4 rings (SSSR count). The summed E-state index contributed by atoms with van der Waals surface area (Å²) in [4.78, 5) is 15.2. The number of benzene rings is 2. The number of nitrogens with zero attached hydrogens (tertiary/aromatic N) is 1. The zero-order valence-electron chi connectivity index (χ0n) is 15.1. The summed E-state index contributed by atoms with van der Waals surface area (Å²) in [5.74, 6) is 0.000143. The molecule has 2 saturated heterocycles. The van der Waals surface area contributed by atoms with E-state index in [9.17, 15) is 17.6 Å². The number of carbonyl (C=O) groups is 1. The molecule has 2 fully saturated rings. The minimum absolute atomic E-state index is 0.0921. The maximum absolute atomic E-state index is 13.2. The lowest BCUT2D eigenvalue weighted by molar-refractivity contribution is 0.0571. The van der Waals surface area contributed by atoms with Crippen LogP contribution >= 0.6 is 0 Å². The Labute approximate surface area is 158 Å². The molecule has 2 heterocycles. The zero-order chi connectivity index (χ0) is 19.2. The first-order valence-corrected chi connectivity index (χ1v) is 11.1. The van der Waals surface area contributed by atoms with Crippen molar-refractivity contribution in [1.82, 2.24) is 4.90 Å². The predicted octanol–water partition coefficient (Wildman–Crippen LogP) is 3.78. The van der Waals surface area contributed by atoms with E-state index in [4.69, 9.17) is 0 Å². The minimum atomic E-state index is -3.35. The van der Waals surface area contributed by atoms with Crippen molar-refractivity contribution in [3.05, 3.63) is 65.5 Å². The van der Waals surface area contributed by atoms with E-state index in [2.05, 4.69) is 0 Å². The van der Waals surface area contributed by atoms with Crippen molar-refractivity contribution in [2.75, 3.05) is 6.26 Å². The number of carbonyl (C=O) groups excluding carboxylic acids is 1. The van der Waals surface area contributed by atoms with E-state index in [-0.39, 0.29) is 28.7 Å². The van der Waals surface area contributed by atoms with Gasteiger partial charge in [-0.2, -0.15) is 0 Å². The number of hydrogen-bond donors (Lipinski definition) is 0. The molecule has 1 amide bonds. The lowest BCUT2D eigenvalue weighted by Crippen LogP contribution is -2.46. The van der Waals surface area contributed by atoms with Gasteiger partial charge in [0.25, 0.3) is 5.91 Å². The third kappa shape index (κ3) is 3.50. The lowest BCUT2D eigenvalue weighted by atomic mass is 9.85. The fourth-order valence-corrected chi connectivity index (χ4v) is 5.19. The van der Waals surface area contributed by atoms with E-state index in [1.165, 1.54) is 24.3 Å². The fraction of sp³-hybridized carbons (Fsp3) is 0.381. The Balaban J connectivity index is 1.56. The maximum atomic E-state index is 13.2. The van der Waals surface area contributed by atoms with E-state index in [0.29, 0.717) is 11.5 Å². The average molecular weight is 387 g/mol.